The number of hydrogen-bond acceptors (Lipinski definition) is 3. The molecule has 0 saturated carbocycles. The van der Waals surface area contributed by atoms with E-state index in [4.69, 9.17) is 27.9 Å². The van der Waals surface area contributed by atoms with E-state index in [2.05, 4.69) is 10.2 Å². The lowest BCUT2D eigenvalue weighted by molar-refractivity contribution is 0.231. The molecule has 4 rings (SSSR count). The smallest absolute Gasteiger partial charge is 0.142 e. The molecule has 114 valence electrons. The molecule has 21 heavy (non-hydrogen) atoms. The lowest BCUT2D eigenvalue weighted by Gasteiger charge is -2.32. The van der Waals surface area contributed by atoms with Crippen molar-refractivity contribution in [1.82, 2.24) is 10.2 Å². The zero-order valence-corrected chi connectivity index (χ0v) is 13.5. The molecule has 3 nitrogen and oxygen atoms in total. The van der Waals surface area contributed by atoms with Gasteiger partial charge in [0.1, 0.15) is 5.75 Å². The minimum Gasteiger partial charge on any atom is -0.492 e. The van der Waals surface area contributed by atoms with Crippen molar-refractivity contribution in [2.24, 2.45) is 0 Å². The Morgan fingerprint density at radius 3 is 2.95 bits per heavy atom. The fourth-order valence-corrected chi connectivity index (χ4v) is 4.70. The predicted molar refractivity (Wildman–Crippen MR) is 85.5 cm³/mol. The third-order valence-corrected chi connectivity index (χ3v) is 5.59. The zero-order chi connectivity index (χ0) is 14.4. The molecular formula is C16H20Cl2N2O. The molecule has 3 atom stereocenters. The first-order valence-corrected chi connectivity index (χ1v) is 8.60. The summed E-state index contributed by atoms with van der Waals surface area (Å²) >= 11 is 12.5. The molecular weight excluding hydrogens is 307 g/mol. The Kier molecular flexibility index (Phi) is 3.78. The first-order chi connectivity index (χ1) is 10.2. The lowest BCUT2D eigenvalue weighted by atomic mass is 9.97. The highest BCUT2D eigenvalue weighted by Crippen LogP contribution is 2.41. The summed E-state index contributed by atoms with van der Waals surface area (Å²) in [5.74, 6) is 0.811. The van der Waals surface area contributed by atoms with Crippen LogP contribution in [0.3, 0.4) is 0 Å². The van der Waals surface area contributed by atoms with Crippen molar-refractivity contribution >= 4 is 23.2 Å². The van der Waals surface area contributed by atoms with Gasteiger partial charge in [-0.3, -0.25) is 4.90 Å². The second-order valence-electron chi connectivity index (χ2n) is 6.30. The van der Waals surface area contributed by atoms with Crippen molar-refractivity contribution in [1.29, 1.82) is 0 Å². The van der Waals surface area contributed by atoms with E-state index in [1.54, 1.807) is 6.07 Å². The molecule has 0 aliphatic carbocycles. The fourth-order valence-electron chi connectivity index (χ4n) is 4.13. The summed E-state index contributed by atoms with van der Waals surface area (Å²) in [5, 5.41) is 5.17. The predicted octanol–water partition coefficient (Wildman–Crippen LogP) is 3.64. The van der Waals surface area contributed by atoms with Gasteiger partial charge in [-0.15, -0.1) is 0 Å². The van der Waals surface area contributed by atoms with Gasteiger partial charge >= 0.3 is 0 Å². The summed E-state index contributed by atoms with van der Waals surface area (Å²) in [5.41, 5.74) is 1.12. The molecule has 0 amide bonds. The van der Waals surface area contributed by atoms with E-state index >= 15 is 0 Å². The summed E-state index contributed by atoms with van der Waals surface area (Å²) in [6, 6.07) is 5.36. The van der Waals surface area contributed by atoms with Crippen LogP contribution in [0.25, 0.3) is 0 Å². The van der Waals surface area contributed by atoms with Crippen LogP contribution in [-0.4, -0.2) is 36.7 Å². The fraction of sp³-hybridized carbons (Fsp3) is 0.625. The van der Waals surface area contributed by atoms with Gasteiger partial charge in [0, 0.05) is 41.7 Å². The largest absolute Gasteiger partial charge is 0.492 e. The Balaban J connectivity index is 1.57. The maximum Gasteiger partial charge on any atom is 0.142 e. The minimum absolute atomic E-state index is 0.301. The van der Waals surface area contributed by atoms with Crippen LogP contribution in [-0.2, 0) is 0 Å². The van der Waals surface area contributed by atoms with Crippen molar-refractivity contribution in [2.75, 3.05) is 19.7 Å². The number of halogens is 2. The quantitative estimate of drug-likeness (QED) is 0.897. The summed E-state index contributed by atoms with van der Waals surface area (Å²) < 4.78 is 5.75. The molecule has 1 aromatic carbocycles. The zero-order valence-electron chi connectivity index (χ0n) is 11.9. The second-order valence-corrected chi connectivity index (χ2v) is 7.15. The summed E-state index contributed by atoms with van der Waals surface area (Å²) in [7, 11) is 0. The SMILES string of the molecule is Clc1cc(Cl)c2c(c1)C(NC1CCN3CCCC13)CCO2. The summed E-state index contributed by atoms with van der Waals surface area (Å²) in [6.07, 6.45) is 4.88. The number of hydrogen-bond donors (Lipinski definition) is 1. The van der Waals surface area contributed by atoms with Gasteiger partial charge < -0.3 is 10.1 Å². The van der Waals surface area contributed by atoms with Gasteiger partial charge in [0.15, 0.2) is 0 Å². The van der Waals surface area contributed by atoms with E-state index in [1.807, 2.05) is 6.07 Å². The van der Waals surface area contributed by atoms with E-state index in [0.717, 1.165) is 17.7 Å². The normalized spacial score (nSPS) is 31.8. The Morgan fingerprint density at radius 1 is 1.14 bits per heavy atom. The molecule has 0 spiro atoms. The Hall–Kier alpha value is -0.480. The van der Waals surface area contributed by atoms with Crippen molar-refractivity contribution < 1.29 is 4.74 Å². The Bertz CT molecular complexity index is 551. The van der Waals surface area contributed by atoms with E-state index in [0.29, 0.717) is 34.8 Å². The topological polar surface area (TPSA) is 24.5 Å². The number of nitrogens with zero attached hydrogens (tertiary/aromatic N) is 1. The van der Waals surface area contributed by atoms with Crippen molar-refractivity contribution in [3.63, 3.8) is 0 Å². The molecule has 2 fully saturated rings. The standard InChI is InChI=1S/C16H20Cl2N2O/c17-10-8-11-13(4-7-21-16(11)12(18)9-10)19-14-3-6-20-5-1-2-15(14)20/h8-9,13-15,19H,1-7H2. The molecule has 1 aromatic rings. The highest BCUT2D eigenvalue weighted by molar-refractivity contribution is 6.35. The molecule has 0 aromatic heterocycles. The maximum atomic E-state index is 6.27. The lowest BCUT2D eigenvalue weighted by Crippen LogP contribution is -2.42. The minimum atomic E-state index is 0.301. The van der Waals surface area contributed by atoms with Crippen molar-refractivity contribution in [3.05, 3.63) is 27.7 Å². The van der Waals surface area contributed by atoms with Crippen LogP contribution in [0.15, 0.2) is 12.1 Å². The van der Waals surface area contributed by atoms with Crippen LogP contribution in [0.4, 0.5) is 0 Å². The molecule has 3 unspecified atom stereocenters. The molecule has 3 heterocycles. The van der Waals surface area contributed by atoms with Gasteiger partial charge in [-0.1, -0.05) is 23.2 Å². The average molecular weight is 327 g/mol. The number of nitrogens with one attached hydrogen (secondary N) is 1. The number of rotatable bonds is 2. The molecule has 2 saturated heterocycles. The van der Waals surface area contributed by atoms with Crippen LogP contribution in [0, 0.1) is 0 Å². The first-order valence-electron chi connectivity index (χ1n) is 7.84. The molecule has 0 bridgehead atoms. The highest BCUT2D eigenvalue weighted by atomic mass is 35.5. The summed E-state index contributed by atoms with van der Waals surface area (Å²) in [4.78, 5) is 2.63. The molecule has 1 N–H and O–H groups in total. The number of benzene rings is 1. The van der Waals surface area contributed by atoms with Gasteiger partial charge in [0.2, 0.25) is 0 Å². The van der Waals surface area contributed by atoms with Crippen LogP contribution in [0.5, 0.6) is 5.75 Å². The molecule has 0 radical (unpaired) electrons. The highest BCUT2D eigenvalue weighted by Gasteiger charge is 2.38. The van der Waals surface area contributed by atoms with Crippen LogP contribution >= 0.6 is 23.2 Å². The van der Waals surface area contributed by atoms with Crippen LogP contribution in [0.2, 0.25) is 10.0 Å². The van der Waals surface area contributed by atoms with Gasteiger partial charge in [-0.25, -0.2) is 0 Å². The van der Waals surface area contributed by atoms with Crippen LogP contribution in [0.1, 0.15) is 37.3 Å². The Morgan fingerprint density at radius 2 is 2.05 bits per heavy atom. The van der Waals surface area contributed by atoms with E-state index in [1.165, 1.54) is 32.4 Å². The van der Waals surface area contributed by atoms with Crippen molar-refractivity contribution in [2.45, 2.75) is 43.8 Å². The molecule has 5 heteroatoms. The van der Waals surface area contributed by atoms with E-state index in [-0.39, 0.29) is 0 Å². The third kappa shape index (κ3) is 2.55. The number of ether oxygens (including phenoxy) is 1. The average Bonchev–Trinajstić information content (AvgIpc) is 3.04. The monoisotopic (exact) mass is 326 g/mol. The van der Waals surface area contributed by atoms with E-state index in [9.17, 15) is 0 Å². The Labute approximate surface area is 135 Å². The molecule has 3 aliphatic heterocycles. The molecule has 3 aliphatic rings. The van der Waals surface area contributed by atoms with E-state index < -0.39 is 0 Å². The van der Waals surface area contributed by atoms with Crippen molar-refractivity contribution in [3.8, 4) is 5.75 Å². The third-order valence-electron chi connectivity index (χ3n) is 5.09. The summed E-state index contributed by atoms with van der Waals surface area (Å²) in [6.45, 7) is 3.21. The van der Waals surface area contributed by atoms with Gasteiger partial charge in [-0.2, -0.15) is 0 Å². The van der Waals surface area contributed by atoms with Gasteiger partial charge in [-0.05, 0) is 37.9 Å². The second kappa shape index (κ2) is 5.62. The van der Waals surface area contributed by atoms with Gasteiger partial charge in [0.05, 0.1) is 11.6 Å². The van der Waals surface area contributed by atoms with Gasteiger partial charge in [0.25, 0.3) is 0 Å². The number of fused-ring (bicyclic) bond motifs is 2. The maximum absolute atomic E-state index is 6.27. The van der Waals surface area contributed by atoms with Crippen LogP contribution < -0.4 is 10.1 Å². The first kappa shape index (κ1) is 14.1.